The Morgan fingerprint density at radius 1 is 1.00 bits per heavy atom. The van der Waals surface area contributed by atoms with Crippen molar-refractivity contribution in [2.24, 2.45) is 0 Å². The summed E-state index contributed by atoms with van der Waals surface area (Å²) < 4.78 is 14.4. The van der Waals surface area contributed by atoms with Crippen LogP contribution in [-0.4, -0.2) is 47.0 Å². The zero-order valence-corrected chi connectivity index (χ0v) is 18.3. The second kappa shape index (κ2) is 8.67. The summed E-state index contributed by atoms with van der Waals surface area (Å²) in [6, 6.07) is 16.8. The zero-order chi connectivity index (χ0) is 22.9. The highest BCUT2D eigenvalue weighted by molar-refractivity contribution is 6.30. The first kappa shape index (κ1) is 21.2. The van der Waals surface area contributed by atoms with Crippen LogP contribution in [0.15, 0.2) is 71.7 Å². The molecule has 1 amide bonds. The van der Waals surface area contributed by atoms with Gasteiger partial charge in [0.1, 0.15) is 11.6 Å². The first-order chi connectivity index (χ1) is 16.0. The zero-order valence-electron chi connectivity index (χ0n) is 17.6. The fraction of sp³-hybridized carbons (Fsp3) is 0.160. The Morgan fingerprint density at radius 3 is 2.58 bits per heavy atom. The van der Waals surface area contributed by atoms with E-state index in [4.69, 9.17) is 11.6 Å². The number of pyridine rings is 2. The molecule has 0 atom stereocenters. The van der Waals surface area contributed by atoms with Crippen LogP contribution >= 0.6 is 11.6 Å². The van der Waals surface area contributed by atoms with Crippen molar-refractivity contribution >= 4 is 34.2 Å². The Labute approximate surface area is 194 Å². The molecule has 5 rings (SSSR count). The maximum absolute atomic E-state index is 14.4. The second-order valence-electron chi connectivity index (χ2n) is 7.90. The van der Waals surface area contributed by atoms with Gasteiger partial charge in [0.2, 0.25) is 5.56 Å². The van der Waals surface area contributed by atoms with Gasteiger partial charge >= 0.3 is 0 Å². The predicted octanol–water partition coefficient (Wildman–Crippen LogP) is 4.35. The standard InChI is InChI=1S/C25H20ClFN4O2/c26-17-5-6-18(21(27)14-17)16-7-8-28-23(13-16)30-9-11-31(12-10-30)25(33)20-15-24(32)29-22-4-2-1-3-19(20)22/h1-8,13-15H,9-12H2,(H,29,32). The summed E-state index contributed by atoms with van der Waals surface area (Å²) in [4.78, 5) is 36.3. The van der Waals surface area contributed by atoms with Crippen molar-refractivity contribution in [3.05, 3.63) is 93.6 Å². The molecule has 1 N–H and O–H groups in total. The summed E-state index contributed by atoms with van der Waals surface area (Å²) in [5, 5.41) is 1.07. The number of halogens is 2. The number of para-hydroxylation sites is 1. The molecule has 166 valence electrons. The molecule has 0 spiro atoms. The van der Waals surface area contributed by atoms with E-state index >= 15 is 0 Å². The molecule has 3 heterocycles. The molecule has 6 nitrogen and oxygen atoms in total. The number of benzene rings is 2. The van der Waals surface area contributed by atoms with E-state index in [9.17, 15) is 14.0 Å². The highest BCUT2D eigenvalue weighted by atomic mass is 35.5. The largest absolute Gasteiger partial charge is 0.353 e. The van der Waals surface area contributed by atoms with Crippen LogP contribution in [-0.2, 0) is 0 Å². The maximum atomic E-state index is 14.4. The smallest absolute Gasteiger partial charge is 0.254 e. The number of hydrogen-bond donors (Lipinski definition) is 1. The maximum Gasteiger partial charge on any atom is 0.254 e. The van der Waals surface area contributed by atoms with E-state index in [0.717, 1.165) is 11.2 Å². The molecule has 33 heavy (non-hydrogen) atoms. The lowest BCUT2D eigenvalue weighted by atomic mass is 10.1. The lowest BCUT2D eigenvalue weighted by Gasteiger charge is -2.35. The monoisotopic (exact) mass is 462 g/mol. The third kappa shape index (κ3) is 4.19. The van der Waals surface area contributed by atoms with Crippen molar-refractivity contribution in [2.45, 2.75) is 0 Å². The van der Waals surface area contributed by atoms with Gasteiger partial charge < -0.3 is 14.8 Å². The van der Waals surface area contributed by atoms with Crippen molar-refractivity contribution in [1.29, 1.82) is 0 Å². The number of anilines is 1. The quantitative estimate of drug-likeness (QED) is 0.491. The number of amides is 1. The number of aromatic amines is 1. The van der Waals surface area contributed by atoms with Gasteiger partial charge in [0, 0.05) is 59.9 Å². The van der Waals surface area contributed by atoms with Gasteiger partial charge in [-0.15, -0.1) is 0 Å². The van der Waals surface area contributed by atoms with Gasteiger partial charge in [0.25, 0.3) is 5.91 Å². The summed E-state index contributed by atoms with van der Waals surface area (Å²) in [5.74, 6) is 0.164. The van der Waals surface area contributed by atoms with E-state index in [0.29, 0.717) is 53.4 Å². The number of aromatic nitrogens is 2. The number of rotatable bonds is 3. The Balaban J connectivity index is 1.34. The van der Waals surface area contributed by atoms with Gasteiger partial charge in [-0.1, -0.05) is 29.8 Å². The van der Waals surface area contributed by atoms with Crippen molar-refractivity contribution in [2.75, 3.05) is 31.1 Å². The Hall–Kier alpha value is -3.71. The van der Waals surface area contributed by atoms with Crippen molar-refractivity contribution in [3.8, 4) is 11.1 Å². The predicted molar refractivity (Wildman–Crippen MR) is 127 cm³/mol. The molecule has 0 saturated carbocycles. The number of nitrogens with zero attached hydrogens (tertiary/aromatic N) is 3. The molecule has 0 radical (unpaired) electrons. The second-order valence-corrected chi connectivity index (χ2v) is 8.34. The molecule has 0 aliphatic carbocycles. The SMILES string of the molecule is O=C(c1cc(=O)[nH]c2ccccc12)N1CCN(c2cc(-c3ccc(Cl)cc3F)ccn2)CC1. The van der Waals surface area contributed by atoms with E-state index in [-0.39, 0.29) is 17.3 Å². The van der Waals surface area contributed by atoms with E-state index in [2.05, 4.69) is 14.9 Å². The molecule has 1 fully saturated rings. The molecule has 1 aliphatic rings. The lowest BCUT2D eigenvalue weighted by Crippen LogP contribution is -2.49. The van der Waals surface area contributed by atoms with Crippen LogP contribution in [0.1, 0.15) is 10.4 Å². The number of nitrogens with one attached hydrogen (secondary N) is 1. The number of hydrogen-bond acceptors (Lipinski definition) is 4. The molecule has 1 aliphatic heterocycles. The number of carbonyl (C=O) groups excluding carboxylic acids is 1. The van der Waals surface area contributed by atoms with Gasteiger partial charge in [-0.05, 0) is 42.0 Å². The topological polar surface area (TPSA) is 69.3 Å². The molecule has 4 aromatic rings. The fourth-order valence-electron chi connectivity index (χ4n) is 4.17. The van der Waals surface area contributed by atoms with E-state index < -0.39 is 0 Å². The minimum Gasteiger partial charge on any atom is -0.353 e. The van der Waals surface area contributed by atoms with Gasteiger partial charge in [0.05, 0.1) is 5.56 Å². The van der Waals surface area contributed by atoms with Crippen LogP contribution in [0.25, 0.3) is 22.0 Å². The molecule has 8 heteroatoms. The molecule has 1 saturated heterocycles. The summed E-state index contributed by atoms with van der Waals surface area (Å²) in [7, 11) is 0. The van der Waals surface area contributed by atoms with E-state index in [1.165, 1.54) is 12.1 Å². The molecule has 0 unspecified atom stereocenters. The molecule has 0 bridgehead atoms. The van der Waals surface area contributed by atoms with E-state index in [1.807, 2.05) is 24.3 Å². The summed E-state index contributed by atoms with van der Waals surface area (Å²) in [6.07, 6.45) is 1.65. The highest BCUT2D eigenvalue weighted by Gasteiger charge is 2.24. The van der Waals surface area contributed by atoms with Crippen LogP contribution in [0, 0.1) is 5.82 Å². The van der Waals surface area contributed by atoms with Gasteiger partial charge in [0.15, 0.2) is 0 Å². The first-order valence-electron chi connectivity index (χ1n) is 10.6. The lowest BCUT2D eigenvalue weighted by molar-refractivity contribution is 0.0748. The van der Waals surface area contributed by atoms with Crippen LogP contribution in [0.5, 0.6) is 0 Å². The van der Waals surface area contributed by atoms with Crippen LogP contribution in [0.2, 0.25) is 5.02 Å². The number of fused-ring (bicyclic) bond motifs is 1. The summed E-state index contributed by atoms with van der Waals surface area (Å²) >= 11 is 5.87. The summed E-state index contributed by atoms with van der Waals surface area (Å²) in [6.45, 7) is 2.13. The average molecular weight is 463 g/mol. The molecular formula is C25H20ClFN4O2. The molecular weight excluding hydrogens is 443 g/mol. The minimum atomic E-state index is -0.389. The minimum absolute atomic E-state index is 0.165. The number of carbonyl (C=O) groups is 1. The number of piperazine rings is 1. The normalized spacial score (nSPS) is 14.0. The van der Waals surface area contributed by atoms with Crippen molar-refractivity contribution in [1.82, 2.24) is 14.9 Å². The average Bonchev–Trinajstić information content (AvgIpc) is 2.83. The Kier molecular flexibility index (Phi) is 5.56. The van der Waals surface area contributed by atoms with Gasteiger partial charge in [-0.3, -0.25) is 9.59 Å². The Morgan fingerprint density at radius 2 is 1.79 bits per heavy atom. The number of H-pyrrole nitrogens is 1. The third-order valence-electron chi connectivity index (χ3n) is 5.86. The first-order valence-corrected chi connectivity index (χ1v) is 11.0. The van der Waals surface area contributed by atoms with Crippen molar-refractivity contribution < 1.29 is 9.18 Å². The van der Waals surface area contributed by atoms with Crippen molar-refractivity contribution in [3.63, 3.8) is 0 Å². The Bertz CT molecular complexity index is 1410. The third-order valence-corrected chi connectivity index (χ3v) is 6.09. The molecule has 2 aromatic heterocycles. The van der Waals surface area contributed by atoms with Crippen LogP contribution in [0.3, 0.4) is 0 Å². The molecule has 2 aromatic carbocycles. The van der Waals surface area contributed by atoms with Gasteiger partial charge in [-0.25, -0.2) is 9.37 Å². The fourth-order valence-corrected chi connectivity index (χ4v) is 4.33. The van der Waals surface area contributed by atoms with E-state index in [1.54, 1.807) is 35.4 Å². The van der Waals surface area contributed by atoms with Crippen LogP contribution < -0.4 is 10.5 Å². The highest BCUT2D eigenvalue weighted by Crippen LogP contribution is 2.28. The summed E-state index contributed by atoms with van der Waals surface area (Å²) in [5.41, 5.74) is 1.91. The van der Waals surface area contributed by atoms with Gasteiger partial charge in [-0.2, -0.15) is 0 Å². The van der Waals surface area contributed by atoms with Crippen LogP contribution in [0.4, 0.5) is 10.2 Å².